The van der Waals surface area contributed by atoms with E-state index in [-0.39, 0.29) is 36.6 Å². The van der Waals surface area contributed by atoms with E-state index in [9.17, 15) is 24.2 Å². The number of carbonyl (C=O) groups is 2. The molecule has 0 aliphatic rings. The normalized spacial score (nSPS) is 14.4. The minimum atomic E-state index is -1.27. The minimum absolute atomic E-state index is 0.0671. The third kappa shape index (κ3) is 7.28. The second-order valence-corrected chi connectivity index (χ2v) is 10.0. The van der Waals surface area contributed by atoms with Gasteiger partial charge in [0, 0.05) is 23.5 Å². The number of aromatic nitrogens is 1. The lowest BCUT2D eigenvalue weighted by Gasteiger charge is -2.20. The molecule has 41 heavy (non-hydrogen) atoms. The smallest absolute Gasteiger partial charge is 0.305 e. The number of anilines is 1. The first-order chi connectivity index (χ1) is 21.7. The summed E-state index contributed by atoms with van der Waals surface area (Å²) in [5, 5.41) is 32.4. The van der Waals surface area contributed by atoms with Crippen LogP contribution in [0, 0.1) is 5.82 Å². The van der Waals surface area contributed by atoms with Crippen molar-refractivity contribution in [3.05, 3.63) is 102 Å². The summed E-state index contributed by atoms with van der Waals surface area (Å²) in [7, 11) is 0. The van der Waals surface area contributed by atoms with Crippen molar-refractivity contribution in [1.29, 1.82) is 0 Å². The van der Waals surface area contributed by atoms with Gasteiger partial charge in [-0.1, -0.05) is 62.3 Å². The molecule has 0 saturated carbocycles. The van der Waals surface area contributed by atoms with Gasteiger partial charge in [-0.05, 0) is 66.2 Å². The van der Waals surface area contributed by atoms with Crippen LogP contribution in [0.15, 0.2) is 84.8 Å². The number of halogens is 1. The maximum absolute atomic E-state index is 14.3. The zero-order valence-electron chi connectivity index (χ0n) is 27.7. The number of hydrogen-bond donors (Lipinski definition) is 4. The highest BCUT2D eigenvalue weighted by atomic mass is 19.1. The number of nitrogens with one attached hydrogen (secondary N) is 1. The lowest BCUT2D eigenvalue weighted by Crippen LogP contribution is -2.22. The molecule has 0 spiro atoms. The molecule has 2 atom stereocenters. The minimum Gasteiger partial charge on any atom is -0.481 e. The van der Waals surface area contributed by atoms with Crippen molar-refractivity contribution in [2.45, 2.75) is 57.8 Å². The van der Waals surface area contributed by atoms with Gasteiger partial charge in [0.05, 0.1) is 36.7 Å². The SMILES string of the molecule is [2H]c1c([2H])c([2H])c(NC(=O)c2c(-c3ccccc3)c(-c3ccc(F)cc3)n(CC[C@@H](O)C[C@@H](O)CC(=O)O)c2C(C)C)c([2H])c1[2H]. The van der Waals surface area contributed by atoms with Crippen LogP contribution >= 0.6 is 0 Å². The maximum Gasteiger partial charge on any atom is 0.305 e. The Balaban J connectivity index is 1.96. The van der Waals surface area contributed by atoms with Gasteiger partial charge < -0.3 is 25.2 Å². The first-order valence-corrected chi connectivity index (χ1v) is 13.3. The summed E-state index contributed by atoms with van der Waals surface area (Å²) in [5.74, 6) is -2.74. The van der Waals surface area contributed by atoms with Crippen LogP contribution in [-0.4, -0.2) is 44.0 Å². The average Bonchev–Trinajstić information content (AvgIpc) is 3.36. The number of aliphatic hydroxyl groups excluding tert-OH is 2. The molecule has 1 aromatic heterocycles. The van der Waals surface area contributed by atoms with Crippen LogP contribution in [0.3, 0.4) is 0 Å². The predicted octanol–water partition coefficient (Wildman–Crippen LogP) is 6.31. The maximum atomic E-state index is 14.3. The zero-order chi connectivity index (χ0) is 33.9. The lowest BCUT2D eigenvalue weighted by atomic mass is 9.94. The Hall–Kier alpha value is -4.27. The topological polar surface area (TPSA) is 112 Å². The van der Waals surface area contributed by atoms with Gasteiger partial charge in [0.15, 0.2) is 0 Å². The number of nitrogens with zero attached hydrogens (tertiary/aromatic N) is 1. The van der Waals surface area contributed by atoms with Gasteiger partial charge in [0.2, 0.25) is 0 Å². The standard InChI is InChI=1S/C33H35FN2O5/c1-21(2)31-30(33(41)35-25-11-7-4-8-12-25)29(22-9-5-3-6-10-22)32(23-13-15-24(34)16-14-23)36(31)18-17-26(37)19-27(38)20-28(39)40/h3-16,21,26-27,37-38H,17-20H2,1-2H3,(H,35,41)(H,39,40)/t26-,27-/m1/s1/i4D,7D,8D,11D,12D. The molecular weight excluding hydrogens is 523 g/mol. The Labute approximate surface area is 245 Å². The molecular formula is C33H35FN2O5. The largest absolute Gasteiger partial charge is 0.481 e. The Morgan fingerprint density at radius 2 is 1.61 bits per heavy atom. The molecule has 0 radical (unpaired) electrons. The van der Waals surface area contributed by atoms with Crippen LogP contribution < -0.4 is 5.32 Å². The van der Waals surface area contributed by atoms with Crippen LogP contribution in [0.1, 0.15) is 61.9 Å². The van der Waals surface area contributed by atoms with Crippen molar-refractivity contribution in [2.75, 3.05) is 5.32 Å². The molecule has 7 nitrogen and oxygen atoms in total. The molecule has 4 aromatic rings. The fourth-order valence-electron chi connectivity index (χ4n) is 4.98. The molecule has 0 aliphatic carbocycles. The highest BCUT2D eigenvalue weighted by Gasteiger charge is 2.31. The van der Waals surface area contributed by atoms with Gasteiger partial charge in [0.25, 0.3) is 5.91 Å². The number of aliphatic hydroxyl groups is 2. The first-order valence-electron chi connectivity index (χ1n) is 15.8. The molecule has 8 heteroatoms. The van der Waals surface area contributed by atoms with E-state index in [1.54, 1.807) is 42.5 Å². The average molecular weight is 564 g/mol. The van der Waals surface area contributed by atoms with Crippen molar-refractivity contribution in [1.82, 2.24) is 4.57 Å². The molecule has 4 N–H and O–H groups in total. The highest BCUT2D eigenvalue weighted by Crippen LogP contribution is 2.42. The Morgan fingerprint density at radius 1 is 0.951 bits per heavy atom. The number of carboxylic acid groups (broad SMARTS) is 1. The van der Waals surface area contributed by atoms with Crippen LogP contribution in [0.25, 0.3) is 22.4 Å². The molecule has 0 aliphatic heterocycles. The van der Waals surface area contributed by atoms with Gasteiger partial charge in [-0.15, -0.1) is 0 Å². The van der Waals surface area contributed by atoms with Crippen LogP contribution in [0.5, 0.6) is 0 Å². The number of amides is 1. The van der Waals surface area contributed by atoms with Gasteiger partial charge in [-0.3, -0.25) is 9.59 Å². The third-order valence-corrected chi connectivity index (χ3v) is 6.64. The van der Waals surface area contributed by atoms with E-state index in [0.29, 0.717) is 28.1 Å². The molecule has 4 rings (SSSR count). The molecule has 1 amide bonds. The summed E-state index contributed by atoms with van der Waals surface area (Å²) in [4.78, 5) is 25.3. The fraction of sp³-hybridized carbons (Fsp3) is 0.273. The molecule has 214 valence electrons. The number of para-hydroxylation sites is 1. The summed E-state index contributed by atoms with van der Waals surface area (Å²) >= 11 is 0. The number of hydrogen-bond acceptors (Lipinski definition) is 4. The van der Waals surface area contributed by atoms with E-state index in [4.69, 9.17) is 12.0 Å². The van der Waals surface area contributed by atoms with Gasteiger partial charge in [-0.2, -0.15) is 0 Å². The zero-order valence-corrected chi connectivity index (χ0v) is 22.7. The van der Waals surface area contributed by atoms with Crippen LogP contribution in [0.2, 0.25) is 0 Å². The van der Waals surface area contributed by atoms with E-state index < -0.39 is 66.5 Å². The fourth-order valence-corrected chi connectivity index (χ4v) is 4.98. The molecule has 0 unspecified atom stereocenters. The van der Waals surface area contributed by atoms with Crippen LogP contribution in [0.4, 0.5) is 10.1 Å². The van der Waals surface area contributed by atoms with Crippen molar-refractivity contribution < 1.29 is 36.2 Å². The summed E-state index contributed by atoms with van der Waals surface area (Å²) in [6, 6.07) is 11.6. The predicted molar refractivity (Wildman–Crippen MR) is 157 cm³/mol. The second kappa shape index (κ2) is 13.4. The summed E-state index contributed by atoms with van der Waals surface area (Å²) in [6.07, 6.45) is -3.01. The van der Waals surface area contributed by atoms with Crippen LogP contribution in [-0.2, 0) is 11.3 Å². The molecule has 3 aromatic carbocycles. The number of carboxylic acids is 1. The lowest BCUT2D eigenvalue weighted by molar-refractivity contribution is -0.139. The Kier molecular flexibility index (Phi) is 7.65. The van der Waals surface area contributed by atoms with Crippen molar-refractivity contribution in [3.8, 4) is 22.4 Å². The van der Waals surface area contributed by atoms with E-state index in [1.165, 1.54) is 12.1 Å². The Bertz CT molecular complexity index is 1720. The second-order valence-electron chi connectivity index (χ2n) is 10.0. The Morgan fingerprint density at radius 3 is 2.22 bits per heavy atom. The molecule has 1 heterocycles. The highest BCUT2D eigenvalue weighted by molar-refractivity contribution is 6.12. The van der Waals surface area contributed by atoms with Gasteiger partial charge in [0.1, 0.15) is 5.82 Å². The summed E-state index contributed by atoms with van der Waals surface area (Å²) in [5.41, 5.74) is 2.40. The number of benzene rings is 3. The third-order valence-electron chi connectivity index (χ3n) is 6.64. The molecule has 0 fully saturated rings. The number of rotatable bonds is 12. The summed E-state index contributed by atoms with van der Waals surface area (Å²) < 4.78 is 56.6. The van der Waals surface area contributed by atoms with Crippen molar-refractivity contribution in [2.24, 2.45) is 0 Å². The van der Waals surface area contributed by atoms with E-state index in [2.05, 4.69) is 5.32 Å². The number of carbonyl (C=O) groups excluding carboxylic acids is 1. The van der Waals surface area contributed by atoms with E-state index in [0.717, 1.165) is 0 Å². The molecule has 0 bridgehead atoms. The summed E-state index contributed by atoms with van der Waals surface area (Å²) in [6.45, 7) is 3.82. The van der Waals surface area contributed by atoms with E-state index in [1.807, 2.05) is 18.4 Å². The van der Waals surface area contributed by atoms with Gasteiger partial charge in [-0.25, -0.2) is 4.39 Å². The van der Waals surface area contributed by atoms with Gasteiger partial charge >= 0.3 is 5.97 Å². The molecule has 0 saturated heterocycles. The quantitative estimate of drug-likeness (QED) is 0.161. The van der Waals surface area contributed by atoms with Crippen molar-refractivity contribution in [3.63, 3.8) is 0 Å². The van der Waals surface area contributed by atoms with E-state index >= 15 is 0 Å². The first kappa shape index (κ1) is 23.4. The number of aliphatic carboxylic acids is 1. The van der Waals surface area contributed by atoms with Crippen molar-refractivity contribution >= 4 is 17.6 Å². The monoisotopic (exact) mass is 563 g/mol.